The van der Waals surface area contributed by atoms with Crippen molar-refractivity contribution in [1.82, 2.24) is 4.98 Å². The molecule has 0 fully saturated rings. The summed E-state index contributed by atoms with van der Waals surface area (Å²) in [6, 6.07) is 10.3. The maximum absolute atomic E-state index is 5.39. The highest BCUT2D eigenvalue weighted by molar-refractivity contribution is 9.10. The molecule has 0 bridgehead atoms. The minimum absolute atomic E-state index is 0.854. The quantitative estimate of drug-likeness (QED) is 0.573. The molecular formula is C18H16BrNOS. The minimum Gasteiger partial charge on any atom is -0.496 e. The van der Waals surface area contributed by atoms with Gasteiger partial charge in [0.15, 0.2) is 0 Å². The molecule has 0 radical (unpaired) electrons. The fourth-order valence-corrected chi connectivity index (χ4v) is 3.59. The summed E-state index contributed by atoms with van der Waals surface area (Å²) in [5.41, 5.74) is 4.68. The number of benzene rings is 2. The van der Waals surface area contributed by atoms with Crippen molar-refractivity contribution < 1.29 is 4.74 Å². The lowest BCUT2D eigenvalue weighted by Crippen LogP contribution is -1.86. The van der Waals surface area contributed by atoms with Crippen molar-refractivity contribution in [2.75, 3.05) is 7.11 Å². The monoisotopic (exact) mass is 373 g/mol. The molecule has 3 aromatic rings. The van der Waals surface area contributed by atoms with Gasteiger partial charge in [-0.3, -0.25) is 0 Å². The highest BCUT2D eigenvalue weighted by Crippen LogP contribution is 2.28. The Balaban J connectivity index is 1.97. The van der Waals surface area contributed by atoms with Crippen molar-refractivity contribution >= 4 is 49.6 Å². The fourth-order valence-electron chi connectivity index (χ4n) is 2.27. The van der Waals surface area contributed by atoms with Crippen LogP contribution in [-0.4, -0.2) is 12.1 Å². The third-order valence-corrected chi connectivity index (χ3v) is 5.09. The van der Waals surface area contributed by atoms with E-state index >= 15 is 0 Å². The Kier molecular flexibility index (Phi) is 4.32. The van der Waals surface area contributed by atoms with Crippen molar-refractivity contribution in [3.05, 3.63) is 56.5 Å². The molecule has 0 atom stereocenters. The highest BCUT2D eigenvalue weighted by atomic mass is 79.9. The molecule has 0 unspecified atom stereocenters. The average molecular weight is 374 g/mol. The van der Waals surface area contributed by atoms with E-state index in [2.05, 4.69) is 46.9 Å². The second kappa shape index (κ2) is 6.23. The Hall–Kier alpha value is -1.65. The Morgan fingerprint density at radius 2 is 1.86 bits per heavy atom. The lowest BCUT2D eigenvalue weighted by molar-refractivity contribution is 0.414. The number of hydrogen-bond acceptors (Lipinski definition) is 3. The van der Waals surface area contributed by atoms with Crippen molar-refractivity contribution in [1.29, 1.82) is 0 Å². The third-order valence-electron chi connectivity index (χ3n) is 3.62. The molecule has 1 aromatic heterocycles. The molecule has 1 heterocycles. The van der Waals surface area contributed by atoms with Gasteiger partial charge in [0.05, 0.1) is 17.3 Å². The van der Waals surface area contributed by atoms with Gasteiger partial charge >= 0.3 is 0 Å². The van der Waals surface area contributed by atoms with Gasteiger partial charge in [-0.1, -0.05) is 15.9 Å². The van der Waals surface area contributed by atoms with Gasteiger partial charge < -0.3 is 4.74 Å². The van der Waals surface area contributed by atoms with Gasteiger partial charge in [0, 0.05) is 10.0 Å². The van der Waals surface area contributed by atoms with E-state index in [0.717, 1.165) is 26.3 Å². The summed E-state index contributed by atoms with van der Waals surface area (Å²) < 4.78 is 7.65. The van der Waals surface area contributed by atoms with Crippen LogP contribution in [0, 0.1) is 13.8 Å². The number of ether oxygens (including phenoxy) is 1. The van der Waals surface area contributed by atoms with Gasteiger partial charge in [-0.25, -0.2) is 4.98 Å². The zero-order chi connectivity index (χ0) is 15.7. The first-order chi connectivity index (χ1) is 10.6. The predicted octanol–water partition coefficient (Wildman–Crippen LogP) is 5.85. The zero-order valence-electron chi connectivity index (χ0n) is 12.7. The van der Waals surface area contributed by atoms with Crippen molar-refractivity contribution in [3.8, 4) is 5.75 Å². The van der Waals surface area contributed by atoms with Crippen LogP contribution in [0.25, 0.3) is 22.4 Å². The first kappa shape index (κ1) is 15.3. The van der Waals surface area contributed by atoms with Crippen molar-refractivity contribution in [2.45, 2.75) is 13.8 Å². The first-order valence-corrected chi connectivity index (χ1v) is 8.57. The summed E-state index contributed by atoms with van der Waals surface area (Å²) in [5, 5.41) is 1.00. The van der Waals surface area contributed by atoms with E-state index in [1.54, 1.807) is 18.4 Å². The van der Waals surface area contributed by atoms with E-state index in [4.69, 9.17) is 4.74 Å². The Labute approximate surface area is 142 Å². The molecule has 0 N–H and O–H groups in total. The topological polar surface area (TPSA) is 22.1 Å². The van der Waals surface area contributed by atoms with E-state index in [1.165, 1.54) is 15.8 Å². The summed E-state index contributed by atoms with van der Waals surface area (Å²) >= 11 is 5.20. The van der Waals surface area contributed by atoms with E-state index < -0.39 is 0 Å². The average Bonchev–Trinajstić information content (AvgIpc) is 2.87. The largest absolute Gasteiger partial charge is 0.496 e. The molecule has 3 rings (SSSR count). The second-order valence-corrected chi connectivity index (χ2v) is 7.15. The number of hydrogen-bond donors (Lipinski definition) is 0. The van der Waals surface area contributed by atoms with Crippen molar-refractivity contribution in [2.24, 2.45) is 0 Å². The molecule has 0 saturated heterocycles. The van der Waals surface area contributed by atoms with Gasteiger partial charge in [0.1, 0.15) is 10.8 Å². The third kappa shape index (κ3) is 3.08. The molecule has 22 heavy (non-hydrogen) atoms. The van der Waals surface area contributed by atoms with Crippen LogP contribution in [0.15, 0.2) is 34.8 Å². The van der Waals surface area contributed by atoms with Crippen LogP contribution in [0.3, 0.4) is 0 Å². The fraction of sp³-hybridized carbons (Fsp3) is 0.167. The first-order valence-electron chi connectivity index (χ1n) is 6.96. The number of halogens is 1. The minimum atomic E-state index is 0.854. The van der Waals surface area contributed by atoms with Crippen LogP contribution >= 0.6 is 27.3 Å². The molecule has 0 saturated carbocycles. The molecule has 2 nitrogen and oxygen atoms in total. The molecule has 2 aromatic carbocycles. The second-order valence-electron chi connectivity index (χ2n) is 5.18. The van der Waals surface area contributed by atoms with E-state index in [0.29, 0.717) is 0 Å². The van der Waals surface area contributed by atoms with Crippen LogP contribution in [0.1, 0.15) is 21.7 Å². The van der Waals surface area contributed by atoms with Crippen LogP contribution in [-0.2, 0) is 0 Å². The summed E-state index contributed by atoms with van der Waals surface area (Å²) in [7, 11) is 1.68. The molecular weight excluding hydrogens is 358 g/mol. The standard InChI is InChI=1S/C18H16BrNOS/c1-11-8-15-17(9-12(11)2)22-18(20-15)7-4-13-10-14(19)5-6-16(13)21-3/h4-10H,1-3H3. The number of thiazole rings is 1. The predicted molar refractivity (Wildman–Crippen MR) is 98.7 cm³/mol. The number of aryl methyl sites for hydroxylation is 2. The molecule has 0 spiro atoms. The number of rotatable bonds is 3. The van der Waals surface area contributed by atoms with Gasteiger partial charge in [0.25, 0.3) is 0 Å². The molecule has 0 aliphatic carbocycles. The molecule has 0 amide bonds. The van der Waals surface area contributed by atoms with Gasteiger partial charge in [-0.05, 0) is 67.5 Å². The molecule has 4 heteroatoms. The number of nitrogens with zero attached hydrogens (tertiary/aromatic N) is 1. The van der Waals surface area contributed by atoms with Crippen molar-refractivity contribution in [3.63, 3.8) is 0 Å². The zero-order valence-corrected chi connectivity index (χ0v) is 15.1. The smallest absolute Gasteiger partial charge is 0.126 e. The number of methoxy groups -OCH3 is 1. The normalized spacial score (nSPS) is 11.5. The Bertz CT molecular complexity index is 828. The van der Waals surface area contributed by atoms with Gasteiger partial charge in [-0.15, -0.1) is 11.3 Å². The lowest BCUT2D eigenvalue weighted by atomic mass is 10.1. The SMILES string of the molecule is COc1ccc(Br)cc1C=Cc1nc2cc(C)c(C)cc2s1. The molecule has 112 valence electrons. The number of fused-ring (bicyclic) bond motifs is 1. The van der Waals surface area contributed by atoms with Gasteiger partial charge in [-0.2, -0.15) is 0 Å². The summed E-state index contributed by atoms with van der Waals surface area (Å²) in [5.74, 6) is 0.854. The van der Waals surface area contributed by atoms with Crippen LogP contribution in [0.2, 0.25) is 0 Å². The highest BCUT2D eigenvalue weighted by Gasteiger charge is 2.05. The maximum Gasteiger partial charge on any atom is 0.126 e. The summed E-state index contributed by atoms with van der Waals surface area (Å²) in [6.45, 7) is 4.26. The van der Waals surface area contributed by atoms with Crippen LogP contribution in [0.5, 0.6) is 5.75 Å². The maximum atomic E-state index is 5.39. The summed E-state index contributed by atoms with van der Waals surface area (Å²) in [4.78, 5) is 4.69. The van der Waals surface area contributed by atoms with E-state index in [-0.39, 0.29) is 0 Å². The number of aromatic nitrogens is 1. The van der Waals surface area contributed by atoms with Gasteiger partial charge in [0.2, 0.25) is 0 Å². The summed E-state index contributed by atoms with van der Waals surface area (Å²) in [6.07, 6.45) is 4.08. The Morgan fingerprint density at radius 1 is 1.09 bits per heavy atom. The van der Waals surface area contributed by atoms with E-state index in [1.807, 2.05) is 30.4 Å². The molecule has 0 aliphatic rings. The lowest BCUT2D eigenvalue weighted by Gasteiger charge is -2.04. The van der Waals surface area contributed by atoms with E-state index in [9.17, 15) is 0 Å². The van der Waals surface area contributed by atoms with Crippen LogP contribution in [0.4, 0.5) is 0 Å². The van der Waals surface area contributed by atoms with Crippen LogP contribution < -0.4 is 4.74 Å². The Morgan fingerprint density at radius 3 is 2.64 bits per heavy atom. The molecule has 0 aliphatic heterocycles.